The van der Waals surface area contributed by atoms with Gasteiger partial charge in [0.2, 0.25) is 0 Å². The standard InChI is InChI=1S/C12H16N4O3.ClH/c13-11-9(3-1-4-10(11)16(18)19)12(17)15-7-2-5-14-6-8-15;/h1,3-4,14H,2,5-8,13H2;1H. The van der Waals surface area contributed by atoms with Crippen LogP contribution >= 0.6 is 12.4 Å². The predicted molar refractivity (Wildman–Crippen MR) is 78.1 cm³/mol. The molecule has 7 nitrogen and oxygen atoms in total. The van der Waals surface area contributed by atoms with Crippen LogP contribution in [0.4, 0.5) is 11.4 Å². The van der Waals surface area contributed by atoms with E-state index in [-0.39, 0.29) is 35.3 Å². The van der Waals surface area contributed by atoms with Crippen LogP contribution < -0.4 is 11.1 Å². The van der Waals surface area contributed by atoms with Gasteiger partial charge in [0.1, 0.15) is 5.69 Å². The van der Waals surface area contributed by atoms with Crippen LogP contribution in [0.1, 0.15) is 16.8 Å². The number of benzene rings is 1. The highest BCUT2D eigenvalue weighted by Crippen LogP contribution is 2.25. The first kappa shape index (κ1) is 16.2. The third kappa shape index (κ3) is 3.37. The third-order valence-corrected chi connectivity index (χ3v) is 3.14. The van der Waals surface area contributed by atoms with Crippen molar-refractivity contribution in [3.63, 3.8) is 0 Å². The van der Waals surface area contributed by atoms with E-state index in [0.717, 1.165) is 19.5 Å². The molecule has 1 aromatic carbocycles. The molecule has 0 spiro atoms. The number of nitrogen functional groups attached to an aromatic ring is 1. The van der Waals surface area contributed by atoms with E-state index in [0.29, 0.717) is 13.1 Å². The smallest absolute Gasteiger partial charge is 0.292 e. The number of nitrogens with zero attached hydrogens (tertiary/aromatic N) is 2. The maximum Gasteiger partial charge on any atom is 0.292 e. The van der Waals surface area contributed by atoms with Gasteiger partial charge in [-0.15, -0.1) is 12.4 Å². The molecule has 0 aliphatic carbocycles. The van der Waals surface area contributed by atoms with Gasteiger partial charge in [0, 0.05) is 25.7 Å². The van der Waals surface area contributed by atoms with E-state index in [2.05, 4.69) is 5.32 Å². The molecule has 3 N–H and O–H groups in total. The van der Waals surface area contributed by atoms with Crippen molar-refractivity contribution in [1.29, 1.82) is 0 Å². The average Bonchev–Trinajstić information content (AvgIpc) is 2.66. The van der Waals surface area contributed by atoms with Crippen LogP contribution in [0.3, 0.4) is 0 Å². The summed E-state index contributed by atoms with van der Waals surface area (Å²) in [6, 6.07) is 4.32. The number of halogens is 1. The van der Waals surface area contributed by atoms with Crippen molar-refractivity contribution in [2.24, 2.45) is 0 Å². The molecule has 2 rings (SSSR count). The molecular formula is C12H17ClN4O3. The van der Waals surface area contributed by atoms with Gasteiger partial charge in [0.15, 0.2) is 0 Å². The van der Waals surface area contributed by atoms with Crippen molar-refractivity contribution >= 4 is 29.7 Å². The lowest BCUT2D eigenvalue weighted by Crippen LogP contribution is -2.34. The summed E-state index contributed by atoms with van der Waals surface area (Å²) < 4.78 is 0. The molecular weight excluding hydrogens is 284 g/mol. The van der Waals surface area contributed by atoms with Crippen molar-refractivity contribution in [1.82, 2.24) is 10.2 Å². The highest BCUT2D eigenvalue weighted by atomic mass is 35.5. The van der Waals surface area contributed by atoms with Crippen molar-refractivity contribution in [3.8, 4) is 0 Å². The fraction of sp³-hybridized carbons (Fsp3) is 0.417. The fourth-order valence-electron chi connectivity index (χ4n) is 2.12. The second-order valence-corrected chi connectivity index (χ2v) is 4.39. The van der Waals surface area contributed by atoms with Gasteiger partial charge in [-0.2, -0.15) is 0 Å². The van der Waals surface area contributed by atoms with Crippen LogP contribution in [-0.2, 0) is 0 Å². The Balaban J connectivity index is 0.00000200. The van der Waals surface area contributed by atoms with Crippen molar-refractivity contribution in [2.75, 3.05) is 31.9 Å². The van der Waals surface area contributed by atoms with Crippen molar-refractivity contribution in [3.05, 3.63) is 33.9 Å². The zero-order valence-corrected chi connectivity index (χ0v) is 11.7. The molecule has 1 aliphatic rings. The first-order valence-corrected chi connectivity index (χ1v) is 6.14. The van der Waals surface area contributed by atoms with Gasteiger partial charge >= 0.3 is 0 Å². The summed E-state index contributed by atoms with van der Waals surface area (Å²) in [4.78, 5) is 24.3. The Hall–Kier alpha value is -1.86. The van der Waals surface area contributed by atoms with E-state index < -0.39 is 4.92 Å². The second kappa shape index (κ2) is 7.06. The second-order valence-electron chi connectivity index (χ2n) is 4.39. The summed E-state index contributed by atoms with van der Waals surface area (Å²) in [5, 5.41) is 14.0. The van der Waals surface area contributed by atoms with E-state index in [4.69, 9.17) is 5.73 Å². The Labute approximate surface area is 122 Å². The third-order valence-electron chi connectivity index (χ3n) is 3.14. The summed E-state index contributed by atoms with van der Waals surface area (Å²) in [5.41, 5.74) is 5.65. The fourth-order valence-corrected chi connectivity index (χ4v) is 2.12. The highest BCUT2D eigenvalue weighted by Gasteiger charge is 2.23. The van der Waals surface area contributed by atoms with Crippen molar-refractivity contribution < 1.29 is 9.72 Å². The molecule has 1 aliphatic heterocycles. The molecule has 0 unspecified atom stereocenters. The minimum Gasteiger partial charge on any atom is -0.393 e. The molecule has 20 heavy (non-hydrogen) atoms. The Morgan fingerprint density at radius 2 is 2.10 bits per heavy atom. The largest absolute Gasteiger partial charge is 0.393 e. The molecule has 0 aromatic heterocycles. The van der Waals surface area contributed by atoms with Gasteiger partial charge in [-0.1, -0.05) is 6.07 Å². The molecule has 1 heterocycles. The van der Waals surface area contributed by atoms with Gasteiger partial charge in [-0.25, -0.2) is 0 Å². The first-order chi connectivity index (χ1) is 9.11. The molecule has 1 aromatic rings. The summed E-state index contributed by atoms with van der Waals surface area (Å²) in [7, 11) is 0. The van der Waals surface area contributed by atoms with E-state index in [1.54, 1.807) is 4.90 Å². The van der Waals surface area contributed by atoms with Gasteiger partial charge in [-0.05, 0) is 19.0 Å². The number of nitro groups is 1. The SMILES string of the molecule is Cl.Nc1c(C(=O)N2CCCNCC2)cccc1[N+](=O)[O-]. The Bertz CT molecular complexity index is 501. The highest BCUT2D eigenvalue weighted by molar-refractivity contribution is 6.01. The number of carbonyl (C=O) groups is 1. The van der Waals surface area contributed by atoms with E-state index >= 15 is 0 Å². The summed E-state index contributed by atoms with van der Waals surface area (Å²) in [5.74, 6) is -0.245. The number of para-hydroxylation sites is 1. The molecule has 0 atom stereocenters. The summed E-state index contributed by atoms with van der Waals surface area (Å²) >= 11 is 0. The number of nitrogens with one attached hydrogen (secondary N) is 1. The van der Waals surface area contributed by atoms with E-state index in [9.17, 15) is 14.9 Å². The number of rotatable bonds is 2. The lowest BCUT2D eigenvalue weighted by molar-refractivity contribution is -0.383. The lowest BCUT2D eigenvalue weighted by atomic mass is 10.1. The maximum atomic E-state index is 12.3. The van der Waals surface area contributed by atoms with Crippen LogP contribution in [0.25, 0.3) is 0 Å². The lowest BCUT2D eigenvalue weighted by Gasteiger charge is -2.20. The molecule has 1 amide bonds. The minimum absolute atomic E-state index is 0. The quantitative estimate of drug-likeness (QED) is 0.482. The van der Waals surface area contributed by atoms with Crippen LogP contribution in [0, 0.1) is 10.1 Å². The van der Waals surface area contributed by atoms with Gasteiger partial charge in [-0.3, -0.25) is 14.9 Å². The number of nitro benzene ring substituents is 1. The molecule has 1 fully saturated rings. The predicted octanol–water partition coefficient (Wildman–Crippen LogP) is 1.03. The van der Waals surface area contributed by atoms with Gasteiger partial charge < -0.3 is 16.0 Å². The van der Waals surface area contributed by atoms with E-state index in [1.807, 2.05) is 0 Å². The maximum absolute atomic E-state index is 12.3. The van der Waals surface area contributed by atoms with Gasteiger partial charge in [0.05, 0.1) is 10.5 Å². The normalized spacial score (nSPS) is 15.1. The molecule has 0 saturated carbocycles. The number of hydrogen-bond donors (Lipinski definition) is 2. The molecule has 0 bridgehead atoms. The zero-order valence-electron chi connectivity index (χ0n) is 10.9. The topological polar surface area (TPSA) is 102 Å². The molecule has 110 valence electrons. The Kier molecular flexibility index (Phi) is 5.72. The molecule has 1 saturated heterocycles. The van der Waals surface area contributed by atoms with Crippen LogP contribution in [0.5, 0.6) is 0 Å². The minimum atomic E-state index is -0.573. The summed E-state index contributed by atoms with van der Waals surface area (Å²) in [6.45, 7) is 2.81. The molecule has 8 heteroatoms. The number of nitrogens with two attached hydrogens (primary N) is 1. The number of hydrogen-bond acceptors (Lipinski definition) is 5. The number of carbonyl (C=O) groups excluding carboxylic acids is 1. The number of amides is 1. The van der Waals surface area contributed by atoms with Crippen molar-refractivity contribution in [2.45, 2.75) is 6.42 Å². The Morgan fingerprint density at radius 3 is 2.80 bits per heavy atom. The van der Waals surface area contributed by atoms with E-state index in [1.165, 1.54) is 18.2 Å². The molecule has 0 radical (unpaired) electrons. The van der Waals surface area contributed by atoms with Gasteiger partial charge in [0.25, 0.3) is 11.6 Å². The monoisotopic (exact) mass is 300 g/mol. The zero-order chi connectivity index (χ0) is 13.8. The van der Waals surface area contributed by atoms with Crippen LogP contribution in [-0.4, -0.2) is 41.9 Å². The number of anilines is 1. The first-order valence-electron chi connectivity index (χ1n) is 6.14. The average molecular weight is 301 g/mol. The van der Waals surface area contributed by atoms with Crippen LogP contribution in [0.15, 0.2) is 18.2 Å². The summed E-state index contributed by atoms with van der Waals surface area (Å²) in [6.07, 6.45) is 0.862. The van der Waals surface area contributed by atoms with Crippen LogP contribution in [0.2, 0.25) is 0 Å². The Morgan fingerprint density at radius 1 is 1.35 bits per heavy atom.